The molecule has 0 aliphatic heterocycles. The molecule has 1 aromatic carbocycles. The van der Waals surface area contributed by atoms with Crippen molar-refractivity contribution < 1.29 is 27.5 Å². The number of aromatic carboxylic acids is 1. The van der Waals surface area contributed by atoms with Crippen LogP contribution in [-0.2, 0) is 6.18 Å². The lowest BCUT2D eigenvalue weighted by Crippen LogP contribution is -2.03. The highest BCUT2D eigenvalue weighted by Gasteiger charge is 2.30. The van der Waals surface area contributed by atoms with Crippen LogP contribution in [0.4, 0.5) is 13.2 Å². The van der Waals surface area contributed by atoms with Gasteiger partial charge in [0.05, 0.1) is 11.8 Å². The van der Waals surface area contributed by atoms with E-state index >= 15 is 0 Å². The van der Waals surface area contributed by atoms with Gasteiger partial charge < -0.3 is 9.52 Å². The van der Waals surface area contributed by atoms with E-state index in [2.05, 4.69) is 4.98 Å². The lowest BCUT2D eigenvalue weighted by atomic mass is 10.1. The molecular weight excluding hydrogens is 251 g/mol. The number of carbonyl (C=O) groups is 1. The average molecular weight is 257 g/mol. The number of rotatable bonds is 2. The van der Waals surface area contributed by atoms with Gasteiger partial charge in [-0.15, -0.1) is 0 Å². The highest BCUT2D eigenvalue weighted by Crippen LogP contribution is 2.30. The summed E-state index contributed by atoms with van der Waals surface area (Å²) in [6.07, 6.45) is -3.42. The number of halogens is 3. The van der Waals surface area contributed by atoms with Crippen LogP contribution in [0, 0.1) is 0 Å². The number of carboxylic acids is 1. The Morgan fingerprint density at radius 1 is 1.22 bits per heavy atom. The van der Waals surface area contributed by atoms with Crippen molar-refractivity contribution in [1.82, 2.24) is 4.98 Å². The first-order chi connectivity index (χ1) is 8.38. The van der Waals surface area contributed by atoms with E-state index in [-0.39, 0.29) is 17.2 Å². The van der Waals surface area contributed by atoms with E-state index in [9.17, 15) is 18.0 Å². The number of oxazole rings is 1. The Bertz CT molecular complexity index is 572. The lowest BCUT2D eigenvalue weighted by Gasteiger charge is -2.05. The molecular formula is C11H6F3NO3. The molecule has 1 aromatic heterocycles. The number of alkyl halides is 3. The van der Waals surface area contributed by atoms with Crippen LogP contribution in [0.5, 0.6) is 0 Å². The second-order valence-corrected chi connectivity index (χ2v) is 3.41. The predicted molar refractivity (Wildman–Crippen MR) is 53.9 cm³/mol. The van der Waals surface area contributed by atoms with Gasteiger partial charge in [-0.05, 0) is 24.3 Å². The minimum atomic E-state index is -4.42. The van der Waals surface area contributed by atoms with Gasteiger partial charge in [0.25, 0.3) is 0 Å². The maximum atomic E-state index is 12.3. The molecule has 2 rings (SSSR count). The van der Waals surface area contributed by atoms with Gasteiger partial charge in [-0.1, -0.05) is 0 Å². The van der Waals surface area contributed by atoms with E-state index in [1.165, 1.54) is 12.1 Å². The number of nitrogens with zero attached hydrogens (tertiary/aromatic N) is 1. The van der Waals surface area contributed by atoms with Gasteiger partial charge >= 0.3 is 12.1 Å². The largest absolute Gasteiger partial charge is 0.475 e. The minimum absolute atomic E-state index is 0.0406. The predicted octanol–water partition coefficient (Wildman–Crippen LogP) is 3.06. The Kier molecular flexibility index (Phi) is 2.82. The molecule has 0 spiro atoms. The third kappa shape index (κ3) is 2.34. The molecule has 0 unspecified atom stereocenters. The molecule has 7 heteroatoms. The van der Waals surface area contributed by atoms with Crippen molar-refractivity contribution in [3.8, 4) is 11.5 Å². The van der Waals surface area contributed by atoms with Crippen LogP contribution in [0.25, 0.3) is 11.5 Å². The monoisotopic (exact) mass is 257 g/mol. The zero-order valence-electron chi connectivity index (χ0n) is 8.73. The first-order valence-corrected chi connectivity index (χ1v) is 4.74. The molecule has 1 N–H and O–H groups in total. The number of hydrogen-bond acceptors (Lipinski definition) is 3. The number of aromatic nitrogens is 1. The Labute approximate surface area is 98.7 Å². The van der Waals surface area contributed by atoms with E-state index in [1.807, 2.05) is 0 Å². The van der Waals surface area contributed by atoms with Crippen molar-refractivity contribution in [2.75, 3.05) is 0 Å². The first kappa shape index (κ1) is 12.2. The Morgan fingerprint density at radius 2 is 1.83 bits per heavy atom. The number of hydrogen-bond donors (Lipinski definition) is 1. The molecule has 0 fully saturated rings. The minimum Gasteiger partial charge on any atom is -0.475 e. The third-order valence-electron chi connectivity index (χ3n) is 2.18. The normalized spacial score (nSPS) is 11.5. The molecule has 0 aliphatic carbocycles. The zero-order chi connectivity index (χ0) is 13.3. The topological polar surface area (TPSA) is 63.3 Å². The molecule has 0 saturated heterocycles. The lowest BCUT2D eigenvalue weighted by molar-refractivity contribution is -0.137. The summed E-state index contributed by atoms with van der Waals surface area (Å²) >= 11 is 0. The van der Waals surface area contributed by atoms with Gasteiger partial charge in [0.15, 0.2) is 0 Å². The summed E-state index contributed by atoms with van der Waals surface area (Å²) in [5.41, 5.74) is -0.522. The van der Waals surface area contributed by atoms with Gasteiger partial charge in [-0.2, -0.15) is 13.2 Å². The fraction of sp³-hybridized carbons (Fsp3) is 0.0909. The highest BCUT2D eigenvalue weighted by atomic mass is 19.4. The Hall–Kier alpha value is -2.31. The second kappa shape index (κ2) is 4.17. The SMILES string of the molecule is O=C(O)c1cnc(-c2ccc(C(F)(F)F)cc2)o1. The van der Waals surface area contributed by atoms with Gasteiger partial charge in [0.2, 0.25) is 11.7 Å². The van der Waals surface area contributed by atoms with Crippen LogP contribution in [0.15, 0.2) is 34.9 Å². The summed E-state index contributed by atoms with van der Waals surface area (Å²) in [4.78, 5) is 14.2. The maximum Gasteiger partial charge on any atom is 0.416 e. The Morgan fingerprint density at radius 3 is 2.28 bits per heavy atom. The molecule has 0 bridgehead atoms. The van der Waals surface area contributed by atoms with Crippen LogP contribution in [0.3, 0.4) is 0 Å². The second-order valence-electron chi connectivity index (χ2n) is 3.41. The van der Waals surface area contributed by atoms with Crippen molar-refractivity contribution in [3.63, 3.8) is 0 Å². The molecule has 0 radical (unpaired) electrons. The molecule has 1 heterocycles. The van der Waals surface area contributed by atoms with E-state index in [1.54, 1.807) is 0 Å². The maximum absolute atomic E-state index is 12.3. The first-order valence-electron chi connectivity index (χ1n) is 4.74. The Balaban J connectivity index is 2.31. The zero-order valence-corrected chi connectivity index (χ0v) is 8.73. The molecule has 18 heavy (non-hydrogen) atoms. The van der Waals surface area contributed by atoms with Gasteiger partial charge in [-0.3, -0.25) is 0 Å². The quantitative estimate of drug-likeness (QED) is 0.897. The van der Waals surface area contributed by atoms with Crippen molar-refractivity contribution in [2.24, 2.45) is 0 Å². The summed E-state index contributed by atoms with van der Waals surface area (Å²) < 4.78 is 41.8. The van der Waals surface area contributed by atoms with Crippen LogP contribution in [0.2, 0.25) is 0 Å². The highest BCUT2D eigenvalue weighted by molar-refractivity contribution is 5.84. The van der Waals surface area contributed by atoms with Crippen LogP contribution in [-0.4, -0.2) is 16.1 Å². The van der Waals surface area contributed by atoms with Gasteiger partial charge in [0, 0.05) is 5.56 Å². The number of carboxylic acid groups (broad SMARTS) is 1. The fourth-order valence-electron chi connectivity index (χ4n) is 1.31. The van der Waals surface area contributed by atoms with Crippen molar-refractivity contribution in [3.05, 3.63) is 41.8 Å². The molecule has 0 atom stereocenters. The van der Waals surface area contributed by atoms with Crippen LogP contribution >= 0.6 is 0 Å². The van der Waals surface area contributed by atoms with E-state index in [0.717, 1.165) is 18.3 Å². The van der Waals surface area contributed by atoms with E-state index in [4.69, 9.17) is 9.52 Å². The van der Waals surface area contributed by atoms with E-state index in [0.29, 0.717) is 0 Å². The fourth-order valence-corrected chi connectivity index (χ4v) is 1.31. The standard InChI is InChI=1S/C11H6F3NO3/c12-11(13,14)7-3-1-6(2-4-7)9-15-5-8(18-9)10(16)17/h1-5H,(H,16,17). The van der Waals surface area contributed by atoms with Crippen LogP contribution < -0.4 is 0 Å². The molecule has 4 nitrogen and oxygen atoms in total. The van der Waals surface area contributed by atoms with Crippen molar-refractivity contribution in [2.45, 2.75) is 6.18 Å². The van der Waals surface area contributed by atoms with Gasteiger partial charge in [-0.25, -0.2) is 9.78 Å². The summed E-state index contributed by atoms with van der Waals surface area (Å²) in [6, 6.07) is 4.08. The molecule has 94 valence electrons. The van der Waals surface area contributed by atoms with Crippen molar-refractivity contribution >= 4 is 5.97 Å². The average Bonchev–Trinajstić information content (AvgIpc) is 2.77. The summed E-state index contributed by atoms with van der Waals surface area (Å²) in [5.74, 6) is -1.70. The van der Waals surface area contributed by atoms with Crippen molar-refractivity contribution in [1.29, 1.82) is 0 Å². The van der Waals surface area contributed by atoms with Gasteiger partial charge in [0.1, 0.15) is 0 Å². The smallest absolute Gasteiger partial charge is 0.416 e. The third-order valence-corrected chi connectivity index (χ3v) is 2.18. The molecule has 2 aromatic rings. The molecule has 0 aliphatic rings. The summed E-state index contributed by atoms with van der Waals surface area (Å²) in [5, 5.41) is 8.61. The number of benzene rings is 1. The summed E-state index contributed by atoms with van der Waals surface area (Å²) in [7, 11) is 0. The molecule has 0 saturated carbocycles. The van der Waals surface area contributed by atoms with E-state index < -0.39 is 17.7 Å². The molecule has 0 amide bonds. The van der Waals surface area contributed by atoms with Crippen LogP contribution in [0.1, 0.15) is 16.1 Å². The summed E-state index contributed by atoms with van der Waals surface area (Å²) in [6.45, 7) is 0.